The number of rotatable bonds is 4. The number of anilines is 1. The number of urea groups is 1. The third-order valence-electron chi connectivity index (χ3n) is 4.45. The molecular formula is C22H14Cl2F2N4O3. The van der Waals surface area contributed by atoms with E-state index in [0.29, 0.717) is 11.1 Å². The number of pyridine rings is 1. The zero-order valence-corrected chi connectivity index (χ0v) is 18.6. The number of aryl methyl sites for hydroxylation is 1. The largest absolute Gasteiger partial charge is 0.436 e. The van der Waals surface area contributed by atoms with E-state index in [1.165, 1.54) is 18.3 Å². The molecule has 0 saturated carbocycles. The molecule has 0 bridgehead atoms. The highest BCUT2D eigenvalue weighted by Crippen LogP contribution is 2.40. The summed E-state index contributed by atoms with van der Waals surface area (Å²) in [5.41, 5.74) is 0.454. The van der Waals surface area contributed by atoms with E-state index in [1.807, 2.05) is 11.4 Å². The Labute approximate surface area is 196 Å². The third-order valence-corrected chi connectivity index (χ3v) is 5.18. The molecule has 2 aromatic carbocycles. The lowest BCUT2D eigenvalue weighted by molar-refractivity contribution is 0.0959. The molecular weight excluding hydrogens is 477 g/mol. The number of halogens is 4. The van der Waals surface area contributed by atoms with Crippen molar-refractivity contribution in [3.8, 4) is 17.7 Å². The number of imide groups is 1. The minimum atomic E-state index is -1.25. The smallest absolute Gasteiger partial charge is 0.326 e. The highest BCUT2D eigenvalue weighted by molar-refractivity contribution is 6.34. The molecule has 1 aromatic heterocycles. The van der Waals surface area contributed by atoms with Crippen molar-refractivity contribution >= 4 is 40.8 Å². The molecule has 0 fully saturated rings. The van der Waals surface area contributed by atoms with E-state index in [-0.39, 0.29) is 32.9 Å². The van der Waals surface area contributed by atoms with Crippen LogP contribution in [0.25, 0.3) is 0 Å². The first-order chi connectivity index (χ1) is 15.6. The number of aromatic nitrogens is 1. The summed E-state index contributed by atoms with van der Waals surface area (Å²) in [5.74, 6) is -3.22. The van der Waals surface area contributed by atoms with Gasteiger partial charge in [-0.1, -0.05) is 29.3 Å². The molecule has 7 nitrogen and oxygen atoms in total. The van der Waals surface area contributed by atoms with Crippen molar-refractivity contribution in [3.63, 3.8) is 0 Å². The zero-order valence-electron chi connectivity index (χ0n) is 17.1. The van der Waals surface area contributed by atoms with Gasteiger partial charge >= 0.3 is 6.03 Å². The van der Waals surface area contributed by atoms with Gasteiger partial charge in [-0.15, -0.1) is 0 Å². The maximum atomic E-state index is 13.7. The molecule has 3 rings (SSSR count). The number of benzene rings is 2. The van der Waals surface area contributed by atoms with Gasteiger partial charge in [-0.2, -0.15) is 5.26 Å². The summed E-state index contributed by atoms with van der Waals surface area (Å²) in [6.45, 7) is 3.22. The summed E-state index contributed by atoms with van der Waals surface area (Å²) >= 11 is 12.5. The predicted octanol–water partition coefficient (Wildman–Crippen LogP) is 5.91. The van der Waals surface area contributed by atoms with Gasteiger partial charge in [0, 0.05) is 11.9 Å². The molecule has 3 aromatic rings. The van der Waals surface area contributed by atoms with Crippen molar-refractivity contribution < 1.29 is 23.1 Å². The molecule has 3 amide bonds. The van der Waals surface area contributed by atoms with Crippen LogP contribution in [0.15, 0.2) is 36.5 Å². The van der Waals surface area contributed by atoms with Crippen LogP contribution in [0.1, 0.15) is 27.0 Å². The molecule has 11 heteroatoms. The maximum absolute atomic E-state index is 13.7. The summed E-state index contributed by atoms with van der Waals surface area (Å²) in [5, 5.41) is 13.4. The Kier molecular flexibility index (Phi) is 7.11. The van der Waals surface area contributed by atoms with Crippen LogP contribution >= 0.6 is 23.2 Å². The van der Waals surface area contributed by atoms with E-state index in [1.54, 1.807) is 13.8 Å². The molecule has 0 spiro atoms. The summed E-state index contributed by atoms with van der Waals surface area (Å²) in [6.07, 6.45) is 1.28. The van der Waals surface area contributed by atoms with Gasteiger partial charge in [0.05, 0.1) is 10.6 Å². The van der Waals surface area contributed by atoms with Gasteiger partial charge in [-0.25, -0.2) is 18.6 Å². The zero-order chi connectivity index (χ0) is 24.3. The molecule has 0 aliphatic rings. The normalized spacial score (nSPS) is 10.3. The number of nitrogens with one attached hydrogen (secondary N) is 2. The second kappa shape index (κ2) is 9.81. The molecule has 0 aliphatic heterocycles. The summed E-state index contributed by atoms with van der Waals surface area (Å²) in [7, 11) is 0. The number of amides is 3. The molecule has 0 aliphatic carbocycles. The number of carbonyl (C=O) groups is 2. The number of ether oxygens (including phenoxy) is 1. The summed E-state index contributed by atoms with van der Waals surface area (Å²) < 4.78 is 33.2. The second-order valence-corrected chi connectivity index (χ2v) is 7.52. The number of nitrogens with zero attached hydrogens (tertiary/aromatic N) is 2. The molecule has 0 saturated heterocycles. The second-order valence-electron chi connectivity index (χ2n) is 6.74. The van der Waals surface area contributed by atoms with E-state index in [4.69, 9.17) is 33.2 Å². The monoisotopic (exact) mass is 490 g/mol. The molecule has 0 radical (unpaired) electrons. The minimum absolute atomic E-state index is 0.0241. The van der Waals surface area contributed by atoms with Gasteiger partial charge in [0.2, 0.25) is 5.88 Å². The fourth-order valence-corrected chi connectivity index (χ4v) is 3.29. The number of nitriles is 1. The highest BCUT2D eigenvalue weighted by Gasteiger charge is 2.21. The van der Waals surface area contributed by atoms with Gasteiger partial charge in [0.15, 0.2) is 5.75 Å². The third kappa shape index (κ3) is 5.19. The molecule has 168 valence electrons. The van der Waals surface area contributed by atoms with E-state index >= 15 is 0 Å². The quantitative estimate of drug-likeness (QED) is 0.472. The summed E-state index contributed by atoms with van der Waals surface area (Å²) in [6, 6.07) is 6.68. The van der Waals surface area contributed by atoms with Crippen molar-refractivity contribution in [2.45, 2.75) is 13.8 Å². The van der Waals surface area contributed by atoms with Gasteiger partial charge < -0.3 is 10.1 Å². The SMILES string of the molecule is Cc1cc(NC(=O)NC(=O)c2c(F)cccc2F)c(C)c(Cl)c1Oc1ncc(C#N)cc1Cl. The first-order valence-corrected chi connectivity index (χ1v) is 9.97. The lowest BCUT2D eigenvalue weighted by atomic mass is 10.1. The van der Waals surface area contributed by atoms with Gasteiger partial charge in [-0.3, -0.25) is 10.1 Å². The maximum Gasteiger partial charge on any atom is 0.326 e. The van der Waals surface area contributed by atoms with Crippen molar-refractivity contribution in [2.75, 3.05) is 5.32 Å². The average Bonchev–Trinajstić information content (AvgIpc) is 2.75. The van der Waals surface area contributed by atoms with Crippen molar-refractivity contribution in [3.05, 3.63) is 80.5 Å². The number of hydrogen-bond donors (Lipinski definition) is 2. The van der Waals surface area contributed by atoms with Crippen LogP contribution in [-0.2, 0) is 0 Å². The number of carbonyl (C=O) groups excluding carboxylic acids is 2. The Bertz CT molecular complexity index is 1310. The van der Waals surface area contributed by atoms with Crippen molar-refractivity contribution in [2.24, 2.45) is 0 Å². The Morgan fingerprint density at radius 2 is 1.82 bits per heavy atom. The van der Waals surface area contributed by atoms with Crippen LogP contribution in [0.3, 0.4) is 0 Å². The Hall–Kier alpha value is -3.74. The van der Waals surface area contributed by atoms with Crippen LogP contribution in [0.4, 0.5) is 19.3 Å². The Balaban J connectivity index is 1.81. The Morgan fingerprint density at radius 1 is 1.15 bits per heavy atom. The van der Waals surface area contributed by atoms with E-state index < -0.39 is 29.1 Å². The van der Waals surface area contributed by atoms with Gasteiger partial charge in [0.25, 0.3) is 5.91 Å². The first kappa shape index (κ1) is 23.9. The fourth-order valence-electron chi connectivity index (χ4n) is 2.80. The minimum Gasteiger partial charge on any atom is -0.436 e. The average molecular weight is 491 g/mol. The van der Waals surface area contributed by atoms with E-state index in [2.05, 4.69) is 10.3 Å². The number of hydrogen-bond acceptors (Lipinski definition) is 5. The van der Waals surface area contributed by atoms with Crippen LogP contribution in [0.2, 0.25) is 10.0 Å². The van der Waals surface area contributed by atoms with E-state index in [9.17, 15) is 18.4 Å². The van der Waals surface area contributed by atoms with Crippen LogP contribution in [0.5, 0.6) is 11.6 Å². The molecule has 0 atom stereocenters. The Morgan fingerprint density at radius 3 is 2.42 bits per heavy atom. The van der Waals surface area contributed by atoms with Gasteiger partial charge in [-0.05, 0) is 49.2 Å². The van der Waals surface area contributed by atoms with E-state index in [0.717, 1.165) is 18.2 Å². The van der Waals surface area contributed by atoms with Crippen molar-refractivity contribution in [1.82, 2.24) is 10.3 Å². The highest BCUT2D eigenvalue weighted by atomic mass is 35.5. The molecule has 2 N–H and O–H groups in total. The fraction of sp³-hybridized carbons (Fsp3) is 0.0909. The van der Waals surface area contributed by atoms with Crippen molar-refractivity contribution in [1.29, 1.82) is 5.26 Å². The molecule has 0 unspecified atom stereocenters. The van der Waals surface area contributed by atoms with Crippen LogP contribution < -0.4 is 15.4 Å². The lowest BCUT2D eigenvalue weighted by Crippen LogP contribution is -2.35. The van der Waals surface area contributed by atoms with Crippen LogP contribution in [-0.4, -0.2) is 16.9 Å². The lowest BCUT2D eigenvalue weighted by Gasteiger charge is -2.17. The van der Waals surface area contributed by atoms with Crippen LogP contribution in [0, 0.1) is 36.8 Å². The summed E-state index contributed by atoms with van der Waals surface area (Å²) in [4.78, 5) is 28.4. The topological polar surface area (TPSA) is 104 Å². The predicted molar refractivity (Wildman–Crippen MR) is 118 cm³/mol. The standard InChI is InChI=1S/C22H14Cl2F2N4O3/c1-10-6-16(29-22(32)30-20(31)17-14(25)4-3-5-15(17)26)11(2)18(24)19(10)33-21-13(23)7-12(8-27)9-28-21/h3-7,9H,1-2H3,(H2,29,30,31,32). The van der Waals surface area contributed by atoms with Gasteiger partial charge in [0.1, 0.15) is 28.3 Å². The molecule has 1 heterocycles. The molecule has 33 heavy (non-hydrogen) atoms. The first-order valence-electron chi connectivity index (χ1n) is 9.22.